The first-order chi connectivity index (χ1) is 11.6. The van der Waals surface area contributed by atoms with Crippen LogP contribution in [0.25, 0.3) is 11.3 Å². The molecule has 4 rings (SSSR count). The van der Waals surface area contributed by atoms with Crippen molar-refractivity contribution in [2.45, 2.75) is 19.4 Å². The molecule has 0 saturated carbocycles. The molecule has 5 heteroatoms. The highest BCUT2D eigenvalue weighted by molar-refractivity contribution is 6.07. The molecule has 0 spiro atoms. The number of hydrogen-bond donors (Lipinski definition) is 1. The number of H-pyrrole nitrogens is 1. The molecule has 1 aliphatic heterocycles. The van der Waals surface area contributed by atoms with E-state index >= 15 is 0 Å². The summed E-state index contributed by atoms with van der Waals surface area (Å²) in [5.41, 5.74) is 3.95. The number of aromatic amines is 1. The lowest BCUT2D eigenvalue weighted by Gasteiger charge is -2.21. The summed E-state index contributed by atoms with van der Waals surface area (Å²) in [6.45, 7) is 2.04. The smallest absolute Gasteiger partial charge is 0.276 e. The zero-order valence-corrected chi connectivity index (χ0v) is 13.2. The summed E-state index contributed by atoms with van der Waals surface area (Å²) in [6.07, 6.45) is 0.848. The van der Waals surface area contributed by atoms with E-state index in [1.807, 2.05) is 25.1 Å². The molecule has 24 heavy (non-hydrogen) atoms. The van der Waals surface area contributed by atoms with Gasteiger partial charge in [-0.25, -0.2) is 4.39 Å². The number of fused-ring (bicyclic) bond motifs is 1. The van der Waals surface area contributed by atoms with Gasteiger partial charge < -0.3 is 4.90 Å². The molecule has 0 radical (unpaired) electrons. The minimum absolute atomic E-state index is 0.103. The number of rotatable bonds is 2. The number of aromatic nitrogens is 2. The van der Waals surface area contributed by atoms with Crippen LogP contribution in [0.3, 0.4) is 0 Å². The molecule has 2 aromatic carbocycles. The topological polar surface area (TPSA) is 49.0 Å². The van der Waals surface area contributed by atoms with Crippen LogP contribution < -0.4 is 4.90 Å². The first-order valence-electron chi connectivity index (χ1n) is 7.86. The van der Waals surface area contributed by atoms with Gasteiger partial charge in [-0.3, -0.25) is 9.89 Å². The Bertz CT molecular complexity index is 901. The normalized spacial score (nSPS) is 16.2. The van der Waals surface area contributed by atoms with Crippen LogP contribution in [0.2, 0.25) is 0 Å². The standard InChI is InChI=1S/C19H16FN3O/c1-12-10-14-4-2-3-5-18(14)23(12)19(24)17-11-16(21-22-17)13-6-8-15(20)9-7-13/h2-9,11-12H,10H2,1H3,(H,21,22)/t12-/m1/s1. The third kappa shape index (κ3) is 2.38. The maximum Gasteiger partial charge on any atom is 0.276 e. The van der Waals surface area contributed by atoms with E-state index in [0.29, 0.717) is 11.4 Å². The Hall–Kier alpha value is -2.95. The second-order valence-corrected chi connectivity index (χ2v) is 6.03. The van der Waals surface area contributed by atoms with E-state index in [2.05, 4.69) is 16.3 Å². The summed E-state index contributed by atoms with van der Waals surface area (Å²) >= 11 is 0. The van der Waals surface area contributed by atoms with Crippen LogP contribution in [0, 0.1) is 5.82 Å². The molecule has 1 aromatic heterocycles. The zero-order valence-electron chi connectivity index (χ0n) is 13.2. The van der Waals surface area contributed by atoms with Crippen LogP contribution in [0.4, 0.5) is 10.1 Å². The molecule has 3 aromatic rings. The van der Waals surface area contributed by atoms with Crippen LogP contribution in [0.5, 0.6) is 0 Å². The first kappa shape index (κ1) is 14.6. The third-order valence-corrected chi connectivity index (χ3v) is 4.37. The maximum atomic E-state index is 13.0. The van der Waals surface area contributed by atoms with Crippen molar-refractivity contribution in [3.63, 3.8) is 0 Å². The Morgan fingerprint density at radius 3 is 2.75 bits per heavy atom. The number of halogens is 1. The second-order valence-electron chi connectivity index (χ2n) is 6.03. The average Bonchev–Trinajstić information content (AvgIpc) is 3.19. The van der Waals surface area contributed by atoms with Gasteiger partial charge in [-0.05, 0) is 55.3 Å². The van der Waals surface area contributed by atoms with Crippen LogP contribution in [-0.2, 0) is 6.42 Å². The molecule has 0 aliphatic carbocycles. The highest BCUT2D eigenvalue weighted by Crippen LogP contribution is 2.33. The number of anilines is 1. The van der Waals surface area contributed by atoms with Gasteiger partial charge in [-0.2, -0.15) is 5.10 Å². The number of nitrogens with zero attached hydrogens (tertiary/aromatic N) is 2. The quantitative estimate of drug-likeness (QED) is 0.780. The Morgan fingerprint density at radius 1 is 1.21 bits per heavy atom. The van der Waals surface area contributed by atoms with E-state index < -0.39 is 0 Å². The van der Waals surface area contributed by atoms with Gasteiger partial charge in [0.2, 0.25) is 0 Å². The fraction of sp³-hybridized carbons (Fsp3) is 0.158. The van der Waals surface area contributed by atoms with E-state index in [-0.39, 0.29) is 17.8 Å². The summed E-state index contributed by atoms with van der Waals surface area (Å²) in [6, 6.07) is 15.8. The summed E-state index contributed by atoms with van der Waals surface area (Å²) in [7, 11) is 0. The summed E-state index contributed by atoms with van der Waals surface area (Å²) in [5.74, 6) is -0.401. The van der Waals surface area contributed by atoms with Gasteiger partial charge in [-0.1, -0.05) is 18.2 Å². The van der Waals surface area contributed by atoms with Gasteiger partial charge in [0, 0.05) is 17.3 Å². The van der Waals surface area contributed by atoms with Crippen molar-refractivity contribution >= 4 is 11.6 Å². The Balaban J connectivity index is 1.65. The minimum Gasteiger partial charge on any atom is -0.304 e. The summed E-state index contributed by atoms with van der Waals surface area (Å²) in [4.78, 5) is 14.7. The van der Waals surface area contributed by atoms with Gasteiger partial charge >= 0.3 is 0 Å². The van der Waals surface area contributed by atoms with E-state index in [1.54, 1.807) is 23.1 Å². The van der Waals surface area contributed by atoms with E-state index in [4.69, 9.17) is 0 Å². The molecule has 1 atom stereocenters. The van der Waals surface area contributed by atoms with E-state index in [1.165, 1.54) is 17.7 Å². The van der Waals surface area contributed by atoms with Crippen molar-refractivity contribution in [2.75, 3.05) is 4.90 Å². The Labute approximate surface area is 138 Å². The van der Waals surface area contributed by atoms with Gasteiger partial charge in [0.05, 0.1) is 5.69 Å². The summed E-state index contributed by atoms with van der Waals surface area (Å²) < 4.78 is 13.0. The molecule has 0 saturated heterocycles. The minimum atomic E-state index is -0.298. The molecule has 1 amide bonds. The molecule has 0 bridgehead atoms. The number of carbonyl (C=O) groups excluding carboxylic acids is 1. The van der Waals surface area contributed by atoms with E-state index in [0.717, 1.165) is 17.7 Å². The highest BCUT2D eigenvalue weighted by Gasteiger charge is 2.32. The van der Waals surface area contributed by atoms with Crippen molar-refractivity contribution < 1.29 is 9.18 Å². The van der Waals surface area contributed by atoms with Crippen molar-refractivity contribution in [2.24, 2.45) is 0 Å². The molecule has 1 aliphatic rings. The predicted octanol–water partition coefficient (Wildman–Crippen LogP) is 3.81. The Kier molecular flexibility index (Phi) is 3.41. The highest BCUT2D eigenvalue weighted by atomic mass is 19.1. The number of benzene rings is 2. The van der Waals surface area contributed by atoms with Gasteiger partial charge in [0.1, 0.15) is 11.5 Å². The SMILES string of the molecule is C[C@@H]1Cc2ccccc2N1C(=O)c1cc(-c2ccc(F)cc2)n[nH]1. The van der Waals surface area contributed by atoms with Crippen LogP contribution in [0.1, 0.15) is 23.0 Å². The Morgan fingerprint density at radius 2 is 1.96 bits per heavy atom. The molecule has 4 nitrogen and oxygen atoms in total. The predicted molar refractivity (Wildman–Crippen MR) is 90.4 cm³/mol. The lowest BCUT2D eigenvalue weighted by molar-refractivity contribution is 0.0976. The van der Waals surface area contributed by atoms with Crippen molar-refractivity contribution in [1.82, 2.24) is 10.2 Å². The molecular formula is C19H16FN3O. The van der Waals surface area contributed by atoms with Gasteiger partial charge in [-0.15, -0.1) is 0 Å². The number of nitrogens with one attached hydrogen (secondary N) is 1. The fourth-order valence-corrected chi connectivity index (χ4v) is 3.20. The van der Waals surface area contributed by atoms with Crippen molar-refractivity contribution in [3.8, 4) is 11.3 Å². The van der Waals surface area contributed by atoms with E-state index in [9.17, 15) is 9.18 Å². The summed E-state index contributed by atoms with van der Waals surface area (Å²) in [5, 5.41) is 7.01. The monoisotopic (exact) mass is 321 g/mol. The fourth-order valence-electron chi connectivity index (χ4n) is 3.20. The van der Waals surface area contributed by atoms with Crippen LogP contribution in [0.15, 0.2) is 54.6 Å². The molecule has 120 valence electrons. The lowest BCUT2D eigenvalue weighted by atomic mass is 10.1. The molecule has 0 unspecified atom stereocenters. The number of hydrogen-bond acceptors (Lipinski definition) is 2. The third-order valence-electron chi connectivity index (χ3n) is 4.37. The second kappa shape index (κ2) is 5.60. The first-order valence-corrected chi connectivity index (χ1v) is 7.86. The molecule has 0 fully saturated rings. The van der Waals surface area contributed by atoms with Crippen molar-refractivity contribution in [1.29, 1.82) is 0 Å². The number of para-hydroxylation sites is 1. The van der Waals surface area contributed by atoms with Gasteiger partial charge in [0.15, 0.2) is 0 Å². The number of carbonyl (C=O) groups is 1. The lowest BCUT2D eigenvalue weighted by Crippen LogP contribution is -2.35. The average molecular weight is 321 g/mol. The maximum absolute atomic E-state index is 13.0. The molecule has 1 N–H and O–H groups in total. The van der Waals surface area contributed by atoms with Crippen LogP contribution in [-0.4, -0.2) is 22.1 Å². The largest absolute Gasteiger partial charge is 0.304 e. The van der Waals surface area contributed by atoms with Crippen LogP contribution >= 0.6 is 0 Å². The molecular weight excluding hydrogens is 305 g/mol. The number of amides is 1. The zero-order chi connectivity index (χ0) is 16.7. The van der Waals surface area contributed by atoms with Gasteiger partial charge in [0.25, 0.3) is 5.91 Å². The van der Waals surface area contributed by atoms with Crippen molar-refractivity contribution in [3.05, 3.63) is 71.7 Å². The molecule has 2 heterocycles.